The maximum absolute atomic E-state index is 14.4. The largest absolute Gasteiger partial charge is 0.340 e. The average molecular weight is 413 g/mol. The molecule has 0 saturated carbocycles. The molecular formula is C22H25FN4OS. The van der Waals surface area contributed by atoms with Crippen LogP contribution in [0.1, 0.15) is 22.2 Å². The molecule has 29 heavy (non-hydrogen) atoms. The molecule has 0 spiro atoms. The number of aromatic nitrogens is 2. The van der Waals surface area contributed by atoms with Crippen molar-refractivity contribution in [3.05, 3.63) is 57.7 Å². The third-order valence-electron chi connectivity index (χ3n) is 5.40. The number of aryl methyl sites for hydroxylation is 2. The van der Waals surface area contributed by atoms with Gasteiger partial charge in [-0.1, -0.05) is 12.1 Å². The van der Waals surface area contributed by atoms with Gasteiger partial charge < -0.3 is 4.90 Å². The standard InChI is InChI=1S/C22H25FN4OS/c1-15-12-19(16(2)29-15)22-18(13-25-8-10-26(11-9-25)17(3)28)14-27(24-22)21-7-5-4-6-20(21)23/h4-7,12,14H,8-11,13H2,1-3H3. The molecule has 3 aromatic rings. The van der Waals surface area contributed by atoms with E-state index in [4.69, 9.17) is 5.10 Å². The van der Waals surface area contributed by atoms with Crippen molar-refractivity contribution in [1.82, 2.24) is 19.6 Å². The van der Waals surface area contributed by atoms with Gasteiger partial charge in [0.05, 0.1) is 5.69 Å². The van der Waals surface area contributed by atoms with Crippen molar-refractivity contribution in [3.63, 3.8) is 0 Å². The fourth-order valence-corrected chi connectivity index (χ4v) is 4.77. The van der Waals surface area contributed by atoms with Gasteiger partial charge in [-0.25, -0.2) is 9.07 Å². The van der Waals surface area contributed by atoms with E-state index in [9.17, 15) is 9.18 Å². The normalized spacial score (nSPS) is 15.1. The van der Waals surface area contributed by atoms with Crippen LogP contribution in [0.4, 0.5) is 4.39 Å². The molecule has 1 amide bonds. The maximum Gasteiger partial charge on any atom is 0.219 e. The molecule has 152 valence electrons. The number of rotatable bonds is 4. The summed E-state index contributed by atoms with van der Waals surface area (Å²) < 4.78 is 16.0. The molecule has 1 aliphatic heterocycles. The van der Waals surface area contributed by atoms with Crippen molar-refractivity contribution in [2.24, 2.45) is 0 Å². The molecule has 0 atom stereocenters. The molecule has 0 radical (unpaired) electrons. The van der Waals surface area contributed by atoms with Gasteiger partial charge in [-0.05, 0) is 32.0 Å². The Bertz CT molecular complexity index is 1030. The van der Waals surface area contributed by atoms with Gasteiger partial charge in [0.25, 0.3) is 0 Å². The lowest BCUT2D eigenvalue weighted by atomic mass is 10.1. The molecule has 4 rings (SSSR count). The quantitative estimate of drug-likeness (QED) is 0.650. The Morgan fingerprint density at radius 3 is 2.52 bits per heavy atom. The first kappa shape index (κ1) is 19.8. The molecule has 3 heterocycles. The van der Waals surface area contributed by atoms with Crippen LogP contribution < -0.4 is 0 Å². The van der Waals surface area contributed by atoms with E-state index in [2.05, 4.69) is 24.8 Å². The topological polar surface area (TPSA) is 41.4 Å². The van der Waals surface area contributed by atoms with Crippen molar-refractivity contribution in [3.8, 4) is 16.9 Å². The minimum absolute atomic E-state index is 0.127. The number of para-hydroxylation sites is 1. The first-order valence-corrected chi connectivity index (χ1v) is 10.6. The second kappa shape index (κ2) is 8.08. The predicted molar refractivity (Wildman–Crippen MR) is 114 cm³/mol. The van der Waals surface area contributed by atoms with Gasteiger partial charge in [0, 0.05) is 66.7 Å². The van der Waals surface area contributed by atoms with E-state index in [1.165, 1.54) is 15.8 Å². The zero-order valence-electron chi connectivity index (χ0n) is 17.0. The van der Waals surface area contributed by atoms with E-state index in [1.807, 2.05) is 17.2 Å². The zero-order valence-corrected chi connectivity index (χ0v) is 17.8. The Hall–Kier alpha value is -2.51. The number of thiophene rings is 1. The van der Waals surface area contributed by atoms with Crippen LogP contribution in [0.5, 0.6) is 0 Å². The number of halogens is 1. The average Bonchev–Trinajstić information content (AvgIpc) is 3.24. The van der Waals surface area contributed by atoms with Crippen molar-refractivity contribution in [2.45, 2.75) is 27.3 Å². The Morgan fingerprint density at radius 2 is 1.90 bits per heavy atom. The SMILES string of the molecule is CC(=O)N1CCN(Cc2cn(-c3ccccc3F)nc2-c2cc(C)sc2C)CC1. The molecule has 0 N–H and O–H groups in total. The van der Waals surface area contributed by atoms with Crippen molar-refractivity contribution in [2.75, 3.05) is 26.2 Å². The summed E-state index contributed by atoms with van der Waals surface area (Å²) in [6.45, 7) is 9.67. The van der Waals surface area contributed by atoms with Crippen LogP contribution in [0.15, 0.2) is 36.5 Å². The maximum atomic E-state index is 14.4. The Balaban J connectivity index is 1.67. The number of piperazine rings is 1. The lowest BCUT2D eigenvalue weighted by Gasteiger charge is -2.34. The number of carbonyl (C=O) groups excluding carboxylic acids is 1. The molecular weight excluding hydrogens is 387 g/mol. The second-order valence-electron chi connectivity index (χ2n) is 7.51. The Morgan fingerprint density at radius 1 is 1.17 bits per heavy atom. The summed E-state index contributed by atoms with van der Waals surface area (Å²) in [5, 5.41) is 4.79. The molecule has 1 saturated heterocycles. The molecule has 0 unspecified atom stereocenters. The van der Waals surface area contributed by atoms with E-state index < -0.39 is 0 Å². The van der Waals surface area contributed by atoms with Gasteiger partial charge in [0.1, 0.15) is 11.5 Å². The predicted octanol–water partition coefficient (Wildman–Crippen LogP) is 4.02. The van der Waals surface area contributed by atoms with Crippen LogP contribution in [0, 0.1) is 19.7 Å². The first-order valence-electron chi connectivity index (χ1n) is 9.81. The summed E-state index contributed by atoms with van der Waals surface area (Å²) >= 11 is 1.75. The molecule has 5 nitrogen and oxygen atoms in total. The fraction of sp³-hybridized carbons (Fsp3) is 0.364. The summed E-state index contributed by atoms with van der Waals surface area (Å²) in [6, 6.07) is 8.86. The van der Waals surface area contributed by atoms with Crippen LogP contribution in [0.25, 0.3) is 16.9 Å². The summed E-state index contributed by atoms with van der Waals surface area (Å²) in [7, 11) is 0. The molecule has 1 fully saturated rings. The van der Waals surface area contributed by atoms with Crippen LogP contribution in [-0.4, -0.2) is 51.7 Å². The number of benzene rings is 1. The van der Waals surface area contributed by atoms with Crippen LogP contribution in [0.3, 0.4) is 0 Å². The molecule has 2 aromatic heterocycles. The van der Waals surface area contributed by atoms with E-state index in [1.54, 1.807) is 35.1 Å². The molecule has 0 bridgehead atoms. The summed E-state index contributed by atoms with van der Waals surface area (Å²) in [4.78, 5) is 18.3. The highest BCUT2D eigenvalue weighted by Crippen LogP contribution is 2.33. The third-order valence-corrected chi connectivity index (χ3v) is 6.36. The number of hydrogen-bond acceptors (Lipinski definition) is 4. The van der Waals surface area contributed by atoms with Crippen LogP contribution in [-0.2, 0) is 11.3 Å². The Labute approximate surface area is 174 Å². The highest BCUT2D eigenvalue weighted by molar-refractivity contribution is 7.12. The number of hydrogen-bond donors (Lipinski definition) is 0. The van der Waals surface area contributed by atoms with E-state index in [-0.39, 0.29) is 11.7 Å². The molecule has 0 aliphatic carbocycles. The number of nitrogens with zero attached hydrogens (tertiary/aromatic N) is 4. The van der Waals surface area contributed by atoms with Gasteiger partial charge in [-0.3, -0.25) is 9.69 Å². The van der Waals surface area contributed by atoms with Gasteiger partial charge in [-0.2, -0.15) is 5.10 Å². The van der Waals surface area contributed by atoms with E-state index >= 15 is 0 Å². The monoisotopic (exact) mass is 412 g/mol. The van der Waals surface area contributed by atoms with Gasteiger partial charge in [-0.15, -0.1) is 11.3 Å². The zero-order chi connectivity index (χ0) is 20.5. The smallest absolute Gasteiger partial charge is 0.219 e. The second-order valence-corrected chi connectivity index (χ2v) is 8.97. The fourth-order valence-electron chi connectivity index (χ4n) is 3.84. The summed E-state index contributed by atoms with van der Waals surface area (Å²) in [5.41, 5.74) is 3.54. The summed E-state index contributed by atoms with van der Waals surface area (Å²) in [5.74, 6) is -0.163. The Kier molecular flexibility index (Phi) is 5.52. The van der Waals surface area contributed by atoms with E-state index in [0.29, 0.717) is 5.69 Å². The lowest BCUT2D eigenvalue weighted by Crippen LogP contribution is -2.47. The third kappa shape index (κ3) is 4.11. The summed E-state index contributed by atoms with van der Waals surface area (Å²) in [6.07, 6.45) is 1.94. The van der Waals surface area contributed by atoms with Gasteiger partial charge in [0.2, 0.25) is 5.91 Å². The number of amides is 1. The highest BCUT2D eigenvalue weighted by Gasteiger charge is 2.22. The van der Waals surface area contributed by atoms with E-state index in [0.717, 1.165) is 49.5 Å². The van der Waals surface area contributed by atoms with Crippen molar-refractivity contribution < 1.29 is 9.18 Å². The van der Waals surface area contributed by atoms with Crippen molar-refractivity contribution in [1.29, 1.82) is 0 Å². The number of carbonyl (C=O) groups is 1. The molecule has 7 heteroatoms. The van der Waals surface area contributed by atoms with Crippen LogP contribution in [0.2, 0.25) is 0 Å². The van der Waals surface area contributed by atoms with Crippen molar-refractivity contribution >= 4 is 17.2 Å². The lowest BCUT2D eigenvalue weighted by molar-refractivity contribution is -0.130. The van der Waals surface area contributed by atoms with Gasteiger partial charge in [0.15, 0.2) is 0 Å². The molecule has 1 aliphatic rings. The minimum Gasteiger partial charge on any atom is -0.340 e. The molecule has 1 aromatic carbocycles. The van der Waals surface area contributed by atoms with Crippen LogP contribution >= 0.6 is 11.3 Å². The minimum atomic E-state index is -0.290. The van der Waals surface area contributed by atoms with Gasteiger partial charge >= 0.3 is 0 Å². The first-order chi connectivity index (χ1) is 13.9. The highest BCUT2D eigenvalue weighted by atomic mass is 32.1.